The van der Waals surface area contributed by atoms with Crippen LogP contribution in [0.15, 0.2) is 18.2 Å². The zero-order valence-corrected chi connectivity index (χ0v) is 11.0. The van der Waals surface area contributed by atoms with Crippen LogP contribution in [0.1, 0.15) is 22.8 Å². The van der Waals surface area contributed by atoms with Crippen molar-refractivity contribution in [3.8, 4) is 0 Å². The molecule has 4 heteroatoms. The number of hydrogen-bond donors (Lipinski definition) is 1. The zero-order chi connectivity index (χ0) is 13.1. The number of carboxylic acid groups (broad SMARTS) is 1. The van der Waals surface area contributed by atoms with Crippen LogP contribution < -0.4 is 4.90 Å². The van der Waals surface area contributed by atoms with E-state index in [0.29, 0.717) is 5.56 Å². The molecule has 1 aromatic carbocycles. The summed E-state index contributed by atoms with van der Waals surface area (Å²) in [5.74, 6) is -0.841. The van der Waals surface area contributed by atoms with Crippen molar-refractivity contribution in [3.63, 3.8) is 0 Å². The van der Waals surface area contributed by atoms with E-state index < -0.39 is 5.97 Å². The first-order valence-corrected chi connectivity index (χ1v) is 6.43. The van der Waals surface area contributed by atoms with Gasteiger partial charge in [-0.3, -0.25) is 0 Å². The number of hydrogen-bond acceptors (Lipinski definition) is 3. The molecule has 0 atom stereocenters. The Morgan fingerprint density at radius 1 is 1.28 bits per heavy atom. The van der Waals surface area contributed by atoms with Gasteiger partial charge in [0.25, 0.3) is 0 Å². The number of anilines is 1. The molecule has 0 radical (unpaired) electrons. The third kappa shape index (κ3) is 2.64. The Morgan fingerprint density at radius 3 is 2.50 bits per heavy atom. The molecule has 98 valence electrons. The monoisotopic (exact) mass is 248 g/mol. The van der Waals surface area contributed by atoms with Crippen LogP contribution >= 0.6 is 0 Å². The third-order valence-corrected chi connectivity index (χ3v) is 3.54. The Labute approximate surface area is 108 Å². The highest BCUT2D eigenvalue weighted by atomic mass is 16.4. The molecule has 0 saturated carbocycles. The number of benzene rings is 1. The molecule has 0 aromatic heterocycles. The fourth-order valence-electron chi connectivity index (χ4n) is 2.40. The van der Waals surface area contributed by atoms with Crippen LogP contribution in [0, 0.1) is 6.92 Å². The summed E-state index contributed by atoms with van der Waals surface area (Å²) < 4.78 is 0. The second-order valence-electron chi connectivity index (χ2n) is 4.75. The van der Waals surface area contributed by atoms with Gasteiger partial charge in [0.15, 0.2) is 0 Å². The molecule has 1 aromatic rings. The van der Waals surface area contributed by atoms with E-state index in [9.17, 15) is 9.90 Å². The second-order valence-corrected chi connectivity index (χ2v) is 4.75. The van der Waals surface area contributed by atoms with Gasteiger partial charge in [0.1, 0.15) is 0 Å². The Balaban J connectivity index is 2.21. The van der Waals surface area contributed by atoms with E-state index in [1.165, 1.54) is 0 Å². The second kappa shape index (κ2) is 5.40. The number of carboxylic acids is 1. The summed E-state index contributed by atoms with van der Waals surface area (Å²) in [5.41, 5.74) is 2.26. The lowest BCUT2D eigenvalue weighted by Gasteiger charge is -2.36. The van der Waals surface area contributed by atoms with Crippen molar-refractivity contribution < 1.29 is 9.90 Å². The molecule has 1 aliphatic rings. The largest absolute Gasteiger partial charge is 0.478 e. The van der Waals surface area contributed by atoms with E-state index in [-0.39, 0.29) is 0 Å². The topological polar surface area (TPSA) is 43.8 Å². The van der Waals surface area contributed by atoms with Gasteiger partial charge < -0.3 is 14.9 Å². The SMILES string of the molecule is CCN1CCN(c2ccc(C)cc2C(=O)O)CC1. The maximum atomic E-state index is 11.3. The Morgan fingerprint density at radius 2 is 1.94 bits per heavy atom. The van der Waals surface area contributed by atoms with Crippen LogP contribution in [0.25, 0.3) is 0 Å². The van der Waals surface area contributed by atoms with E-state index in [1.807, 2.05) is 19.1 Å². The fourth-order valence-corrected chi connectivity index (χ4v) is 2.40. The van der Waals surface area contributed by atoms with Crippen LogP contribution in [0.5, 0.6) is 0 Å². The maximum Gasteiger partial charge on any atom is 0.337 e. The molecule has 0 unspecified atom stereocenters. The van der Waals surface area contributed by atoms with Crippen LogP contribution in [0.4, 0.5) is 5.69 Å². The summed E-state index contributed by atoms with van der Waals surface area (Å²) in [6.45, 7) is 8.95. The Hall–Kier alpha value is -1.55. The van der Waals surface area contributed by atoms with Gasteiger partial charge in [-0.1, -0.05) is 18.6 Å². The predicted octanol–water partition coefficient (Wildman–Crippen LogP) is 1.84. The van der Waals surface area contributed by atoms with Crippen molar-refractivity contribution in [3.05, 3.63) is 29.3 Å². The summed E-state index contributed by atoms with van der Waals surface area (Å²) in [6, 6.07) is 5.66. The van der Waals surface area contributed by atoms with Gasteiger partial charge in [-0.25, -0.2) is 4.79 Å². The first-order chi connectivity index (χ1) is 8.61. The van der Waals surface area contributed by atoms with E-state index >= 15 is 0 Å². The van der Waals surface area contributed by atoms with Gasteiger partial charge in [0, 0.05) is 26.2 Å². The highest BCUT2D eigenvalue weighted by Crippen LogP contribution is 2.23. The van der Waals surface area contributed by atoms with Crippen molar-refractivity contribution >= 4 is 11.7 Å². The van der Waals surface area contributed by atoms with Crippen LogP contribution in [0.3, 0.4) is 0 Å². The lowest BCUT2D eigenvalue weighted by atomic mass is 10.1. The molecule has 4 nitrogen and oxygen atoms in total. The van der Waals surface area contributed by atoms with Crippen LogP contribution in [-0.2, 0) is 0 Å². The van der Waals surface area contributed by atoms with Crippen molar-refractivity contribution in [2.75, 3.05) is 37.6 Å². The Kier molecular flexibility index (Phi) is 3.87. The Bertz CT molecular complexity index is 437. The number of piperazine rings is 1. The van der Waals surface area contributed by atoms with Gasteiger partial charge in [0.2, 0.25) is 0 Å². The van der Waals surface area contributed by atoms with Gasteiger partial charge in [-0.15, -0.1) is 0 Å². The van der Waals surface area contributed by atoms with Gasteiger partial charge in [0.05, 0.1) is 11.3 Å². The molecule has 1 aliphatic heterocycles. The average Bonchev–Trinajstić information content (AvgIpc) is 2.39. The third-order valence-electron chi connectivity index (χ3n) is 3.54. The minimum atomic E-state index is -0.841. The molecule has 0 amide bonds. The minimum Gasteiger partial charge on any atom is -0.478 e. The standard InChI is InChI=1S/C14H20N2O2/c1-3-15-6-8-16(9-7-15)13-5-4-11(2)10-12(13)14(17)18/h4-5,10H,3,6-9H2,1-2H3,(H,17,18). The molecular formula is C14H20N2O2. The van der Waals surface area contributed by atoms with Crippen molar-refractivity contribution in [2.45, 2.75) is 13.8 Å². The number of aryl methyl sites for hydroxylation is 1. The van der Waals surface area contributed by atoms with E-state index in [2.05, 4.69) is 16.7 Å². The van der Waals surface area contributed by atoms with Crippen molar-refractivity contribution in [2.24, 2.45) is 0 Å². The molecular weight excluding hydrogens is 228 g/mol. The summed E-state index contributed by atoms with van der Waals surface area (Å²) >= 11 is 0. The predicted molar refractivity (Wildman–Crippen MR) is 72.5 cm³/mol. The first-order valence-electron chi connectivity index (χ1n) is 6.43. The van der Waals surface area contributed by atoms with E-state index in [1.54, 1.807) is 6.07 Å². The summed E-state index contributed by atoms with van der Waals surface area (Å²) in [6.07, 6.45) is 0. The highest BCUT2D eigenvalue weighted by molar-refractivity contribution is 5.94. The number of aromatic carboxylic acids is 1. The number of nitrogens with zero attached hydrogens (tertiary/aromatic N) is 2. The summed E-state index contributed by atoms with van der Waals surface area (Å²) in [5, 5.41) is 9.28. The van der Waals surface area contributed by atoms with Gasteiger partial charge in [-0.2, -0.15) is 0 Å². The minimum absolute atomic E-state index is 0.417. The first kappa shape index (κ1) is 12.9. The lowest BCUT2D eigenvalue weighted by molar-refractivity contribution is 0.0697. The molecule has 0 spiro atoms. The number of carbonyl (C=O) groups is 1. The average molecular weight is 248 g/mol. The molecule has 0 bridgehead atoms. The van der Waals surface area contributed by atoms with Crippen LogP contribution in [-0.4, -0.2) is 48.7 Å². The van der Waals surface area contributed by atoms with Gasteiger partial charge >= 0.3 is 5.97 Å². The quantitative estimate of drug-likeness (QED) is 0.886. The maximum absolute atomic E-state index is 11.3. The number of likely N-dealkylation sites (N-methyl/N-ethyl adjacent to an activating group) is 1. The number of rotatable bonds is 3. The summed E-state index contributed by atoms with van der Waals surface area (Å²) in [7, 11) is 0. The normalized spacial score (nSPS) is 16.9. The molecule has 0 aliphatic carbocycles. The van der Waals surface area contributed by atoms with Crippen molar-refractivity contribution in [1.82, 2.24) is 4.90 Å². The van der Waals surface area contributed by atoms with Crippen molar-refractivity contribution in [1.29, 1.82) is 0 Å². The lowest BCUT2D eigenvalue weighted by Crippen LogP contribution is -2.46. The molecule has 1 saturated heterocycles. The molecule has 1 fully saturated rings. The highest BCUT2D eigenvalue weighted by Gasteiger charge is 2.20. The van der Waals surface area contributed by atoms with Crippen LogP contribution in [0.2, 0.25) is 0 Å². The zero-order valence-electron chi connectivity index (χ0n) is 11.0. The van der Waals surface area contributed by atoms with E-state index in [4.69, 9.17) is 0 Å². The molecule has 1 N–H and O–H groups in total. The molecule has 18 heavy (non-hydrogen) atoms. The molecule has 1 heterocycles. The fraction of sp³-hybridized carbons (Fsp3) is 0.500. The smallest absolute Gasteiger partial charge is 0.337 e. The molecule has 2 rings (SSSR count). The van der Waals surface area contributed by atoms with Gasteiger partial charge in [-0.05, 0) is 25.6 Å². The van der Waals surface area contributed by atoms with E-state index in [0.717, 1.165) is 44.0 Å². The summed E-state index contributed by atoms with van der Waals surface area (Å²) in [4.78, 5) is 15.9.